The third-order valence-electron chi connectivity index (χ3n) is 4.21. The number of rotatable bonds is 3. The van der Waals surface area contributed by atoms with E-state index >= 15 is 0 Å². The van der Waals surface area contributed by atoms with Crippen molar-refractivity contribution in [3.63, 3.8) is 0 Å². The predicted octanol–water partition coefficient (Wildman–Crippen LogP) is 1.57. The van der Waals surface area contributed by atoms with E-state index in [1.165, 1.54) is 0 Å². The van der Waals surface area contributed by atoms with Crippen molar-refractivity contribution in [1.82, 2.24) is 14.9 Å². The van der Waals surface area contributed by atoms with E-state index < -0.39 is 11.9 Å². The smallest absolute Gasteiger partial charge is 0.364 e. The van der Waals surface area contributed by atoms with E-state index in [0.717, 1.165) is 12.4 Å². The Morgan fingerprint density at radius 3 is 2.75 bits per heavy atom. The van der Waals surface area contributed by atoms with Gasteiger partial charge in [-0.15, -0.1) is 0 Å². The molecule has 0 spiro atoms. The normalized spacial score (nSPS) is 24.7. The number of nitrogens with zero attached hydrogens (tertiary/aromatic N) is 4. The third kappa shape index (κ3) is 3.31. The van der Waals surface area contributed by atoms with Crippen LogP contribution in [-0.2, 0) is 15.7 Å². The van der Waals surface area contributed by atoms with Crippen LogP contribution in [0.1, 0.15) is 19.5 Å². The summed E-state index contributed by atoms with van der Waals surface area (Å²) in [4.78, 5) is 22.8. The van der Waals surface area contributed by atoms with Gasteiger partial charge >= 0.3 is 6.18 Å². The minimum atomic E-state index is -4.51. The van der Waals surface area contributed by atoms with Crippen LogP contribution in [0.15, 0.2) is 12.4 Å². The van der Waals surface area contributed by atoms with Crippen molar-refractivity contribution in [2.75, 3.05) is 31.1 Å². The molecule has 0 aliphatic carbocycles. The van der Waals surface area contributed by atoms with Gasteiger partial charge in [-0.05, 0) is 5.92 Å². The fourth-order valence-corrected chi connectivity index (χ4v) is 3.16. The molecule has 1 amide bonds. The van der Waals surface area contributed by atoms with Crippen molar-refractivity contribution >= 4 is 11.7 Å². The maximum Gasteiger partial charge on any atom is 0.433 e. The van der Waals surface area contributed by atoms with Gasteiger partial charge in [-0.2, -0.15) is 13.2 Å². The summed E-state index contributed by atoms with van der Waals surface area (Å²) in [6, 6.07) is 0.768. The van der Waals surface area contributed by atoms with Gasteiger partial charge in [0, 0.05) is 25.7 Å². The van der Waals surface area contributed by atoms with E-state index in [-0.39, 0.29) is 30.5 Å². The van der Waals surface area contributed by atoms with E-state index in [2.05, 4.69) is 9.97 Å². The zero-order chi connectivity index (χ0) is 17.5. The summed E-state index contributed by atoms with van der Waals surface area (Å²) in [6.07, 6.45) is -3.82. The standard InChI is InChI=1S/C15H19F3N4O2/c1-9(2)4-22-10-5-21(6-11(10)24-7-14(22)23)13-3-12(15(16,17)18)19-8-20-13/h3,8-11H,4-7H2,1-2H3/t10-,11-/m0/s1. The van der Waals surface area contributed by atoms with E-state index in [0.29, 0.717) is 25.6 Å². The van der Waals surface area contributed by atoms with Crippen molar-refractivity contribution < 1.29 is 22.7 Å². The summed E-state index contributed by atoms with van der Waals surface area (Å²) < 4.78 is 44.0. The molecular weight excluding hydrogens is 325 g/mol. The van der Waals surface area contributed by atoms with Crippen molar-refractivity contribution in [1.29, 1.82) is 0 Å². The summed E-state index contributed by atoms with van der Waals surface area (Å²) in [5.41, 5.74) is -0.974. The number of hydrogen-bond donors (Lipinski definition) is 0. The van der Waals surface area contributed by atoms with Gasteiger partial charge in [0.25, 0.3) is 0 Å². The Bertz CT molecular complexity index is 623. The average molecular weight is 344 g/mol. The monoisotopic (exact) mass is 344 g/mol. The Labute approximate surface area is 137 Å². The van der Waals surface area contributed by atoms with Gasteiger partial charge in [-0.3, -0.25) is 4.79 Å². The maximum absolute atomic E-state index is 12.8. The van der Waals surface area contributed by atoms with Crippen LogP contribution in [0.5, 0.6) is 0 Å². The number of aromatic nitrogens is 2. The Kier molecular flexibility index (Phi) is 4.37. The Hall–Kier alpha value is -1.90. The van der Waals surface area contributed by atoms with E-state index in [1.807, 2.05) is 13.8 Å². The number of hydrogen-bond acceptors (Lipinski definition) is 5. The molecule has 3 rings (SSSR count). The minimum Gasteiger partial charge on any atom is -0.364 e. The van der Waals surface area contributed by atoms with Crippen LogP contribution in [0.3, 0.4) is 0 Å². The lowest BCUT2D eigenvalue weighted by Gasteiger charge is -2.37. The number of ether oxygens (including phenoxy) is 1. The highest BCUT2D eigenvalue weighted by Crippen LogP contribution is 2.31. The highest BCUT2D eigenvalue weighted by Gasteiger charge is 2.44. The first-order chi connectivity index (χ1) is 11.3. The molecular formula is C15H19F3N4O2. The van der Waals surface area contributed by atoms with Gasteiger partial charge in [0.05, 0.1) is 12.1 Å². The highest BCUT2D eigenvalue weighted by atomic mass is 19.4. The average Bonchev–Trinajstić information content (AvgIpc) is 2.94. The molecule has 3 heterocycles. The summed E-state index contributed by atoms with van der Waals surface area (Å²) in [5, 5.41) is 0. The first-order valence-electron chi connectivity index (χ1n) is 7.81. The lowest BCUT2D eigenvalue weighted by Crippen LogP contribution is -2.55. The summed E-state index contributed by atoms with van der Waals surface area (Å²) in [6.45, 7) is 5.46. The molecule has 0 unspecified atom stereocenters. The quantitative estimate of drug-likeness (QED) is 0.833. The fraction of sp³-hybridized carbons (Fsp3) is 0.667. The molecule has 0 aromatic carbocycles. The number of morpholine rings is 1. The summed E-state index contributed by atoms with van der Waals surface area (Å²) in [5.74, 6) is 0.426. The zero-order valence-electron chi connectivity index (χ0n) is 13.5. The van der Waals surface area contributed by atoms with Crippen LogP contribution in [0.25, 0.3) is 0 Å². The largest absolute Gasteiger partial charge is 0.433 e. The first-order valence-corrected chi connectivity index (χ1v) is 7.81. The Morgan fingerprint density at radius 2 is 2.08 bits per heavy atom. The SMILES string of the molecule is CC(C)CN1C(=O)CO[C@H]2CN(c3cc(C(F)(F)F)ncn3)C[C@@H]21. The fourth-order valence-electron chi connectivity index (χ4n) is 3.16. The zero-order valence-corrected chi connectivity index (χ0v) is 13.5. The number of anilines is 1. The first kappa shape index (κ1) is 16.9. The van der Waals surface area contributed by atoms with Gasteiger partial charge < -0.3 is 14.5 Å². The summed E-state index contributed by atoms with van der Waals surface area (Å²) in [7, 11) is 0. The molecule has 2 aliphatic heterocycles. The van der Waals surface area contributed by atoms with E-state index in [4.69, 9.17) is 4.74 Å². The molecule has 24 heavy (non-hydrogen) atoms. The Morgan fingerprint density at radius 1 is 1.33 bits per heavy atom. The molecule has 1 aromatic rings. The second-order valence-corrected chi connectivity index (χ2v) is 6.52. The second-order valence-electron chi connectivity index (χ2n) is 6.52. The highest BCUT2D eigenvalue weighted by molar-refractivity contribution is 5.79. The van der Waals surface area contributed by atoms with Gasteiger partial charge in [0.15, 0.2) is 0 Å². The lowest BCUT2D eigenvalue weighted by molar-refractivity contribution is -0.153. The molecule has 1 aromatic heterocycles. The second kappa shape index (κ2) is 6.19. The number of alkyl halides is 3. The van der Waals surface area contributed by atoms with Crippen molar-refractivity contribution in [2.45, 2.75) is 32.2 Å². The van der Waals surface area contributed by atoms with Crippen molar-refractivity contribution in [3.8, 4) is 0 Å². The lowest BCUT2D eigenvalue weighted by atomic mass is 10.1. The number of carbonyl (C=O) groups is 1. The molecule has 9 heteroatoms. The molecule has 0 radical (unpaired) electrons. The molecule has 0 bridgehead atoms. The van der Waals surface area contributed by atoms with Crippen molar-refractivity contribution in [3.05, 3.63) is 18.1 Å². The van der Waals surface area contributed by atoms with Gasteiger partial charge in [-0.25, -0.2) is 9.97 Å². The van der Waals surface area contributed by atoms with Gasteiger partial charge in [-0.1, -0.05) is 13.8 Å². The molecule has 2 atom stereocenters. The van der Waals surface area contributed by atoms with Crippen LogP contribution in [-0.4, -0.2) is 59.2 Å². The molecule has 2 saturated heterocycles. The molecule has 2 fully saturated rings. The number of fused-ring (bicyclic) bond motifs is 1. The molecule has 2 aliphatic rings. The predicted molar refractivity (Wildman–Crippen MR) is 79.3 cm³/mol. The number of carbonyl (C=O) groups excluding carboxylic acids is 1. The maximum atomic E-state index is 12.8. The van der Waals surface area contributed by atoms with Crippen LogP contribution in [0, 0.1) is 5.92 Å². The number of amides is 1. The van der Waals surface area contributed by atoms with Crippen LogP contribution in [0.2, 0.25) is 0 Å². The minimum absolute atomic E-state index is 0.0132. The Balaban J connectivity index is 1.80. The van der Waals surface area contributed by atoms with Crippen molar-refractivity contribution in [2.24, 2.45) is 5.92 Å². The number of halogens is 3. The van der Waals surface area contributed by atoms with Gasteiger partial charge in [0.1, 0.15) is 24.4 Å². The van der Waals surface area contributed by atoms with E-state index in [1.54, 1.807) is 9.80 Å². The van der Waals surface area contributed by atoms with Crippen LogP contribution >= 0.6 is 0 Å². The van der Waals surface area contributed by atoms with Gasteiger partial charge in [0.2, 0.25) is 5.91 Å². The topological polar surface area (TPSA) is 58.6 Å². The molecule has 0 saturated carbocycles. The van der Waals surface area contributed by atoms with Crippen LogP contribution < -0.4 is 4.90 Å². The summed E-state index contributed by atoms with van der Waals surface area (Å²) >= 11 is 0. The molecule has 0 N–H and O–H groups in total. The third-order valence-corrected chi connectivity index (χ3v) is 4.21. The molecule has 6 nitrogen and oxygen atoms in total. The van der Waals surface area contributed by atoms with Crippen LogP contribution in [0.4, 0.5) is 19.0 Å². The van der Waals surface area contributed by atoms with E-state index in [9.17, 15) is 18.0 Å². The molecule has 132 valence electrons.